The summed E-state index contributed by atoms with van der Waals surface area (Å²) >= 11 is 0. The first-order valence-electron chi connectivity index (χ1n) is 19.0. The molecule has 3 aromatic carbocycles. The summed E-state index contributed by atoms with van der Waals surface area (Å²) in [6, 6.07) is 27.8. The molecule has 1 fully saturated rings. The normalized spacial score (nSPS) is 18.6. The predicted octanol–water partition coefficient (Wildman–Crippen LogP) is 6.66. The number of carbonyl (C=O) groups is 1. The van der Waals surface area contributed by atoms with Crippen LogP contribution in [0.5, 0.6) is 11.5 Å². The van der Waals surface area contributed by atoms with E-state index in [-0.39, 0.29) is 38.3 Å². The van der Waals surface area contributed by atoms with Crippen LogP contribution >= 0.6 is 8.53 Å². The minimum atomic E-state index is -1.95. The van der Waals surface area contributed by atoms with Gasteiger partial charge in [-0.3, -0.25) is 14.3 Å². The largest absolute Gasteiger partial charge is 0.508 e. The summed E-state index contributed by atoms with van der Waals surface area (Å²) in [6.45, 7) is 9.47. The van der Waals surface area contributed by atoms with Gasteiger partial charge in [-0.15, -0.1) is 0 Å². The fourth-order valence-corrected chi connectivity index (χ4v) is 8.66. The van der Waals surface area contributed by atoms with Gasteiger partial charge in [0.05, 0.1) is 46.5 Å². The lowest BCUT2D eigenvalue weighted by Gasteiger charge is -2.39. The van der Waals surface area contributed by atoms with Crippen molar-refractivity contribution in [2.24, 2.45) is 0 Å². The third kappa shape index (κ3) is 10.1. The molecule has 1 N–H and O–H groups in total. The van der Waals surface area contributed by atoms with E-state index in [0.29, 0.717) is 11.5 Å². The maximum Gasteiger partial charge on any atom is 0.508 e. The molecule has 0 aliphatic carbocycles. The summed E-state index contributed by atoms with van der Waals surface area (Å²) in [6.07, 6.45) is -4.50. The molecule has 0 saturated carbocycles. The number of rotatable bonds is 19. The van der Waals surface area contributed by atoms with Gasteiger partial charge in [0.15, 0.2) is 12.3 Å². The quantitative estimate of drug-likeness (QED) is 0.0461. The maximum atomic E-state index is 13.4. The zero-order chi connectivity index (χ0) is 41.8. The Balaban J connectivity index is 1.69. The number of benzene rings is 3. The van der Waals surface area contributed by atoms with Gasteiger partial charge in [-0.2, -0.15) is 5.26 Å². The minimum absolute atomic E-state index is 0.00944. The second-order valence-electron chi connectivity index (χ2n) is 13.8. The molecule has 0 radical (unpaired) electrons. The van der Waals surface area contributed by atoms with Gasteiger partial charge >= 0.3 is 11.8 Å². The van der Waals surface area contributed by atoms with E-state index in [2.05, 4.69) is 11.1 Å². The first-order valence-corrected chi connectivity index (χ1v) is 20.1. The van der Waals surface area contributed by atoms with Gasteiger partial charge in [0.25, 0.3) is 14.1 Å². The zero-order valence-electron chi connectivity index (χ0n) is 33.7. The van der Waals surface area contributed by atoms with Crippen LogP contribution in [0.25, 0.3) is 0 Å². The van der Waals surface area contributed by atoms with E-state index in [1.54, 1.807) is 21.1 Å². The van der Waals surface area contributed by atoms with Crippen molar-refractivity contribution < 1.29 is 42.3 Å². The molecule has 1 aliphatic rings. The van der Waals surface area contributed by atoms with Crippen LogP contribution < -0.4 is 20.7 Å². The van der Waals surface area contributed by atoms with E-state index >= 15 is 0 Å². The van der Waals surface area contributed by atoms with E-state index < -0.39 is 56.1 Å². The second-order valence-corrected chi connectivity index (χ2v) is 15.2. The molecule has 0 bridgehead atoms. The molecule has 1 aromatic heterocycles. The van der Waals surface area contributed by atoms with E-state index in [1.165, 1.54) is 6.20 Å². The van der Waals surface area contributed by atoms with Gasteiger partial charge in [-0.25, -0.2) is 14.3 Å². The molecule has 1 unspecified atom stereocenters. The van der Waals surface area contributed by atoms with Crippen LogP contribution in [-0.2, 0) is 33.6 Å². The first-order chi connectivity index (χ1) is 28.0. The number of carbonyl (C=O) groups excluding carboxylic acids is 1. The molecule has 5 atom stereocenters. The number of ether oxygens (including phenoxy) is 6. The first kappa shape index (κ1) is 44.0. The molecule has 1 saturated heterocycles. The van der Waals surface area contributed by atoms with Crippen LogP contribution in [0.1, 0.15) is 64.0 Å². The van der Waals surface area contributed by atoms with Crippen LogP contribution in [0, 0.1) is 11.3 Å². The number of aromatic nitrogens is 2. The zero-order valence-corrected chi connectivity index (χ0v) is 34.6. The van der Waals surface area contributed by atoms with Gasteiger partial charge in [-0.1, -0.05) is 54.6 Å². The third-order valence-corrected chi connectivity index (χ3v) is 11.5. The monoisotopic (exact) mass is 818 g/mol. The number of hydrogen-bond acceptors (Lipinski definition) is 13. The van der Waals surface area contributed by atoms with E-state index in [4.69, 9.17) is 37.5 Å². The Morgan fingerprint density at radius 2 is 1.48 bits per heavy atom. The lowest BCUT2D eigenvalue weighted by Crippen LogP contribution is -2.44. The molecule has 0 amide bonds. The molecule has 4 aromatic rings. The van der Waals surface area contributed by atoms with Crippen LogP contribution in [0.4, 0.5) is 4.79 Å². The molecule has 58 heavy (non-hydrogen) atoms. The van der Waals surface area contributed by atoms with Gasteiger partial charge in [0.2, 0.25) is 0 Å². The lowest BCUT2D eigenvalue weighted by atomic mass is 9.80. The Morgan fingerprint density at radius 1 is 0.897 bits per heavy atom. The van der Waals surface area contributed by atoms with Crippen molar-refractivity contribution in [3.8, 4) is 17.6 Å². The van der Waals surface area contributed by atoms with Crippen LogP contribution in [0.2, 0.25) is 0 Å². The lowest BCUT2D eigenvalue weighted by molar-refractivity contribution is -0.0959. The Morgan fingerprint density at radius 3 is 2.00 bits per heavy atom. The Labute approximate surface area is 339 Å². The van der Waals surface area contributed by atoms with Crippen LogP contribution in [0.3, 0.4) is 0 Å². The highest BCUT2D eigenvalue weighted by Gasteiger charge is 2.53. The van der Waals surface area contributed by atoms with Gasteiger partial charge in [0.1, 0.15) is 29.3 Å². The molecule has 15 nitrogen and oxygen atoms in total. The Bertz CT molecular complexity index is 2010. The third-order valence-electron chi connectivity index (χ3n) is 9.42. The number of H-pyrrole nitrogens is 1. The SMILES string of the molecule is CCOC(=O)O[C@@H]1[C@H](OP(OCCC#N)N(C(C)C)C(C)C)[C@@H](COC(c2ccccc2)(c2ccc(OC)cc2)c2ccc(OC)cc2)O[C@H]1n1ccc(=O)[nH]c1=O. The molecule has 0 spiro atoms. The van der Waals surface area contributed by atoms with Crippen molar-refractivity contribution in [3.63, 3.8) is 0 Å². The van der Waals surface area contributed by atoms with Crippen molar-refractivity contribution in [2.45, 2.75) is 83.3 Å². The van der Waals surface area contributed by atoms with Crippen LogP contribution in [-0.4, -0.2) is 84.8 Å². The summed E-state index contributed by atoms with van der Waals surface area (Å²) in [4.78, 5) is 41.0. The summed E-state index contributed by atoms with van der Waals surface area (Å²) in [5.74, 6) is 1.29. The van der Waals surface area contributed by atoms with Crippen molar-refractivity contribution in [2.75, 3.05) is 34.0 Å². The number of nitrogens with one attached hydrogen (secondary N) is 1. The number of methoxy groups -OCH3 is 2. The van der Waals surface area contributed by atoms with E-state index in [9.17, 15) is 19.6 Å². The smallest absolute Gasteiger partial charge is 0.497 e. The summed E-state index contributed by atoms with van der Waals surface area (Å²) in [5.41, 5.74) is -0.430. The van der Waals surface area contributed by atoms with Gasteiger partial charge in [-0.05, 0) is 75.6 Å². The molecular weight excluding hydrogens is 767 g/mol. The van der Waals surface area contributed by atoms with E-state index in [1.807, 2.05) is 111 Å². The molecule has 310 valence electrons. The fraction of sp³-hybridized carbons (Fsp3) is 0.429. The topological polar surface area (TPSA) is 173 Å². The highest BCUT2D eigenvalue weighted by molar-refractivity contribution is 7.44. The molecule has 2 heterocycles. The summed E-state index contributed by atoms with van der Waals surface area (Å²) in [5, 5.41) is 9.39. The summed E-state index contributed by atoms with van der Waals surface area (Å²) < 4.78 is 52.4. The van der Waals surface area contributed by atoms with E-state index in [0.717, 1.165) is 27.3 Å². The number of nitriles is 1. The van der Waals surface area contributed by atoms with Gasteiger partial charge in [0, 0.05) is 24.3 Å². The maximum absolute atomic E-state index is 13.4. The van der Waals surface area contributed by atoms with Crippen molar-refractivity contribution in [3.05, 3.63) is 129 Å². The number of hydrogen-bond donors (Lipinski definition) is 1. The fourth-order valence-electron chi connectivity index (χ4n) is 6.89. The number of nitrogens with zero attached hydrogens (tertiary/aromatic N) is 3. The average Bonchev–Trinajstić information content (AvgIpc) is 3.54. The Kier molecular flexibility index (Phi) is 15.6. The van der Waals surface area contributed by atoms with Gasteiger partial charge < -0.3 is 37.5 Å². The second kappa shape index (κ2) is 20.6. The minimum Gasteiger partial charge on any atom is -0.497 e. The molecule has 5 rings (SSSR count). The predicted molar refractivity (Wildman–Crippen MR) is 215 cm³/mol. The molecular formula is C42H51N4O11P. The van der Waals surface area contributed by atoms with Crippen molar-refractivity contribution >= 4 is 14.7 Å². The van der Waals surface area contributed by atoms with Crippen molar-refractivity contribution in [1.82, 2.24) is 14.2 Å². The standard InChI is InChI=1S/C42H51N4O11P/c1-8-52-41(49)56-38-37(57-58(54-26-12-24-43)46(28(2)3)29(4)5)35(55-39(38)45-25-23-36(47)44-40(45)48)27-53-42(30-13-10-9-11-14-30,31-15-19-33(50-6)20-16-31)32-17-21-34(51-7)22-18-32/h9-11,13-23,25,28-29,35,37-39H,8,12,26-27H2,1-7H3,(H,44,47,48)/t35-,37-,38-,39-,58?/m1/s1. The highest BCUT2D eigenvalue weighted by Crippen LogP contribution is 2.51. The van der Waals surface area contributed by atoms with Crippen molar-refractivity contribution in [1.29, 1.82) is 5.26 Å². The molecule has 16 heteroatoms. The summed E-state index contributed by atoms with van der Waals surface area (Å²) in [7, 11) is 1.23. The number of aromatic amines is 1. The Hall–Kier alpha value is -5.07. The average molecular weight is 819 g/mol. The van der Waals surface area contributed by atoms with Crippen LogP contribution in [0.15, 0.2) is 101 Å². The highest BCUT2D eigenvalue weighted by atomic mass is 31.2. The molecule has 1 aliphatic heterocycles.